The van der Waals surface area contributed by atoms with Crippen LogP contribution >= 0.6 is 0 Å². The van der Waals surface area contributed by atoms with Gasteiger partial charge in [0.2, 0.25) is 5.91 Å². The van der Waals surface area contributed by atoms with E-state index in [0.717, 1.165) is 6.42 Å². The lowest BCUT2D eigenvalue weighted by Crippen LogP contribution is -2.45. The van der Waals surface area contributed by atoms with Crippen molar-refractivity contribution in [3.8, 4) is 0 Å². The molecule has 2 aliphatic rings. The van der Waals surface area contributed by atoms with E-state index in [-0.39, 0.29) is 36.5 Å². The number of carbonyl (C=O) groups excluding carboxylic acids is 2. The van der Waals surface area contributed by atoms with Crippen molar-refractivity contribution >= 4 is 34.8 Å². The lowest BCUT2D eigenvalue weighted by molar-refractivity contribution is -0.146. The first-order valence-electron chi connectivity index (χ1n) is 9.06. The predicted molar refractivity (Wildman–Crippen MR) is 106 cm³/mol. The Bertz CT molecular complexity index is 884. The lowest BCUT2D eigenvalue weighted by atomic mass is 10.2. The van der Waals surface area contributed by atoms with E-state index in [4.69, 9.17) is 10.5 Å². The monoisotopic (exact) mass is 403 g/mol. The Morgan fingerprint density at radius 1 is 1.41 bits per heavy atom. The second kappa shape index (κ2) is 9.24. The summed E-state index contributed by atoms with van der Waals surface area (Å²) in [6.45, 7) is 0.773. The topological polar surface area (TPSA) is 134 Å². The van der Waals surface area contributed by atoms with Crippen LogP contribution in [0.3, 0.4) is 0 Å². The van der Waals surface area contributed by atoms with Crippen molar-refractivity contribution in [3.05, 3.63) is 30.1 Å². The summed E-state index contributed by atoms with van der Waals surface area (Å²) in [6, 6.07) is 5.37. The van der Waals surface area contributed by atoms with Crippen molar-refractivity contribution in [2.75, 3.05) is 32.2 Å². The Morgan fingerprint density at radius 3 is 3.00 bits per heavy atom. The minimum atomic E-state index is -0.406. The highest BCUT2D eigenvalue weighted by molar-refractivity contribution is 6.70. The molecule has 1 fully saturated rings. The van der Waals surface area contributed by atoms with Crippen LogP contribution in [-0.2, 0) is 14.3 Å². The molecule has 0 radical (unpaired) electrons. The van der Waals surface area contributed by atoms with E-state index in [0.29, 0.717) is 24.4 Å². The number of hydrogen-bond donors (Lipinski definition) is 3. The third-order valence-electron chi connectivity index (χ3n) is 4.55. The van der Waals surface area contributed by atoms with Gasteiger partial charge in [-0.15, -0.1) is 10.2 Å². The van der Waals surface area contributed by atoms with Crippen LogP contribution in [0, 0.1) is 5.82 Å². The molecule has 0 aliphatic carbocycles. The molecule has 1 aromatic carbocycles. The molecule has 154 valence electrons. The van der Waals surface area contributed by atoms with Gasteiger partial charge in [-0.2, -0.15) is 5.10 Å². The molecule has 29 heavy (non-hydrogen) atoms. The Balaban J connectivity index is 1.54. The highest BCUT2D eigenvalue weighted by Gasteiger charge is 2.32. The van der Waals surface area contributed by atoms with Gasteiger partial charge in [-0.1, -0.05) is 6.07 Å². The first-order chi connectivity index (χ1) is 14.0. The summed E-state index contributed by atoms with van der Waals surface area (Å²) < 4.78 is 18.0. The van der Waals surface area contributed by atoms with Crippen molar-refractivity contribution < 1.29 is 18.7 Å². The Morgan fingerprint density at radius 2 is 2.24 bits per heavy atom. The van der Waals surface area contributed by atoms with Gasteiger partial charge in [0.15, 0.2) is 11.5 Å². The average molecular weight is 403 g/mol. The van der Waals surface area contributed by atoms with Crippen LogP contribution in [0.15, 0.2) is 39.6 Å². The maximum absolute atomic E-state index is 13.3. The molecule has 11 heteroatoms. The number of ether oxygens (including phenoxy) is 1. The average Bonchev–Trinajstić information content (AvgIpc) is 3.30. The van der Waals surface area contributed by atoms with Gasteiger partial charge in [0.05, 0.1) is 25.9 Å². The number of nitrogens with one attached hydrogen (secondary N) is 2. The minimum absolute atomic E-state index is 0.0590. The second-order valence-electron chi connectivity index (χ2n) is 6.54. The molecule has 0 aromatic heterocycles. The number of anilines is 1. The summed E-state index contributed by atoms with van der Waals surface area (Å²) in [4.78, 5) is 25.8. The Labute approximate surface area is 166 Å². The second-order valence-corrected chi connectivity index (χ2v) is 6.54. The fourth-order valence-corrected chi connectivity index (χ4v) is 3.12. The zero-order valence-electron chi connectivity index (χ0n) is 15.9. The summed E-state index contributed by atoms with van der Waals surface area (Å²) in [5.41, 5.74) is 9.55. The number of carbonyl (C=O) groups is 2. The van der Waals surface area contributed by atoms with Crippen molar-refractivity contribution in [3.63, 3.8) is 0 Å². The number of halogens is 1. The van der Waals surface area contributed by atoms with Crippen LogP contribution in [0.4, 0.5) is 10.1 Å². The third-order valence-corrected chi connectivity index (χ3v) is 4.55. The zero-order chi connectivity index (χ0) is 20.8. The highest BCUT2D eigenvalue weighted by atomic mass is 19.1. The normalized spacial score (nSPS) is 20.3. The van der Waals surface area contributed by atoms with Crippen LogP contribution < -0.4 is 16.5 Å². The quantitative estimate of drug-likeness (QED) is 0.436. The molecular formula is C18H22FN7O3. The van der Waals surface area contributed by atoms with Gasteiger partial charge in [0.1, 0.15) is 17.6 Å². The molecule has 1 amide bonds. The van der Waals surface area contributed by atoms with E-state index < -0.39 is 11.9 Å². The summed E-state index contributed by atoms with van der Waals surface area (Å²) in [6.07, 6.45) is 1.49. The smallest absolute Gasteiger partial charge is 0.323 e. The van der Waals surface area contributed by atoms with Gasteiger partial charge in [-0.05, 0) is 37.6 Å². The molecule has 0 bridgehead atoms. The number of nitrogens with two attached hydrogens (primary N) is 1. The fourth-order valence-electron chi connectivity index (χ4n) is 3.12. The van der Waals surface area contributed by atoms with Gasteiger partial charge >= 0.3 is 5.97 Å². The molecule has 1 aromatic rings. The molecule has 1 saturated heterocycles. The number of benzene rings is 1. The van der Waals surface area contributed by atoms with E-state index in [9.17, 15) is 14.0 Å². The molecular weight excluding hydrogens is 381 g/mol. The summed E-state index contributed by atoms with van der Waals surface area (Å²) in [5.74, 6) is -0.930. The first kappa shape index (κ1) is 20.4. The molecule has 4 N–H and O–H groups in total. The van der Waals surface area contributed by atoms with Gasteiger partial charge in [0, 0.05) is 0 Å². The number of likely N-dealkylation sites (tertiary alicyclic amines) is 1. The number of amides is 1. The van der Waals surface area contributed by atoms with Crippen LogP contribution in [0.5, 0.6) is 0 Å². The number of nitrogens with zero attached hydrogens (tertiary/aromatic N) is 4. The molecule has 3 rings (SSSR count). The van der Waals surface area contributed by atoms with Crippen LogP contribution in [0.25, 0.3) is 0 Å². The van der Waals surface area contributed by atoms with Crippen molar-refractivity contribution in [2.24, 2.45) is 21.0 Å². The van der Waals surface area contributed by atoms with E-state index in [2.05, 4.69) is 26.0 Å². The van der Waals surface area contributed by atoms with Crippen molar-refractivity contribution in [1.82, 2.24) is 10.2 Å². The Hall–Kier alpha value is -3.34. The van der Waals surface area contributed by atoms with E-state index in [1.165, 1.54) is 19.2 Å². The van der Waals surface area contributed by atoms with Crippen LogP contribution in [0.2, 0.25) is 0 Å². The number of hydrazone groups is 1. The fraction of sp³-hybridized carbons (Fsp3) is 0.389. The number of esters is 1. The lowest BCUT2D eigenvalue weighted by Gasteiger charge is -2.21. The maximum Gasteiger partial charge on any atom is 0.323 e. The number of hydrogen-bond acceptors (Lipinski definition) is 9. The molecule has 2 aliphatic heterocycles. The summed E-state index contributed by atoms with van der Waals surface area (Å²) in [5, 5.41) is 14.5. The van der Waals surface area contributed by atoms with Crippen molar-refractivity contribution in [1.29, 1.82) is 0 Å². The molecule has 0 saturated carbocycles. The van der Waals surface area contributed by atoms with Crippen LogP contribution in [0.1, 0.15) is 12.8 Å². The van der Waals surface area contributed by atoms with Crippen LogP contribution in [-0.4, -0.2) is 66.8 Å². The van der Waals surface area contributed by atoms with Gasteiger partial charge < -0.3 is 15.8 Å². The summed E-state index contributed by atoms with van der Waals surface area (Å²) >= 11 is 0. The zero-order valence-corrected chi connectivity index (χ0v) is 15.9. The first-order valence-corrected chi connectivity index (χ1v) is 9.06. The third kappa shape index (κ3) is 5.13. The molecule has 10 nitrogen and oxygen atoms in total. The van der Waals surface area contributed by atoms with Gasteiger partial charge in [-0.3, -0.25) is 19.9 Å². The van der Waals surface area contributed by atoms with Gasteiger partial charge in [-0.25, -0.2) is 4.39 Å². The predicted octanol–water partition coefficient (Wildman–Crippen LogP) is 0.0740. The largest absolute Gasteiger partial charge is 0.468 e. The SMILES string of the molecule is COC(=O)C1CCCN1CC(=O)NCC1=NN=C(N)/C1=N\Nc1cccc(F)c1. The van der Waals surface area contributed by atoms with E-state index in [1.807, 2.05) is 0 Å². The van der Waals surface area contributed by atoms with Gasteiger partial charge in [0.25, 0.3) is 0 Å². The molecule has 1 unspecified atom stereocenters. The number of rotatable bonds is 7. The van der Waals surface area contributed by atoms with E-state index >= 15 is 0 Å². The maximum atomic E-state index is 13.3. The molecule has 2 heterocycles. The number of amidine groups is 1. The Kier molecular flexibility index (Phi) is 6.50. The summed E-state index contributed by atoms with van der Waals surface area (Å²) in [7, 11) is 1.33. The molecule has 1 atom stereocenters. The van der Waals surface area contributed by atoms with E-state index in [1.54, 1.807) is 17.0 Å². The standard InChI is InChI=1S/C18H22FN7O3/c1-29-18(28)14-6-3-7-26(14)10-15(27)21-9-13-16(17(20)25-23-13)24-22-12-5-2-4-11(19)8-12/h2,4-5,8,14,22H,3,6-7,9-10H2,1H3,(H,21,27)(H2,20,24,25). The highest BCUT2D eigenvalue weighted by Crippen LogP contribution is 2.17. The van der Waals surface area contributed by atoms with Crippen molar-refractivity contribution in [2.45, 2.75) is 18.9 Å². The number of methoxy groups -OCH3 is 1. The molecule has 0 spiro atoms. The minimum Gasteiger partial charge on any atom is -0.468 e.